The van der Waals surface area contributed by atoms with E-state index >= 15 is 0 Å². The van der Waals surface area contributed by atoms with E-state index in [0.29, 0.717) is 6.42 Å². The zero-order valence-electron chi connectivity index (χ0n) is 14.3. The van der Waals surface area contributed by atoms with Crippen molar-refractivity contribution >= 4 is 39.2 Å². The number of benzene rings is 2. The summed E-state index contributed by atoms with van der Waals surface area (Å²) in [5.74, 6) is -0.106. The average molecular weight is 357 g/mol. The molecule has 0 bridgehead atoms. The molecule has 24 heavy (non-hydrogen) atoms. The summed E-state index contributed by atoms with van der Waals surface area (Å²) < 4.78 is 3.14. The second kappa shape index (κ2) is 6.95. The average Bonchev–Trinajstić information content (AvgIpc) is 2.86. The first kappa shape index (κ1) is 17.0. The number of fused-ring (bicyclic) bond motifs is 1. The molecule has 1 amide bonds. The fraction of sp³-hybridized carbons (Fsp3) is 0.263. The standard InChI is InChI=1S/C19H20N2OS2/c1-12-5-6-14(9-13(12)2)10-18(22)20-19-21(3)16-8-7-15(23-4)11-17(16)24-19/h5-9,11H,10H2,1-4H3. The fourth-order valence-corrected chi connectivity index (χ4v) is 4.17. The van der Waals surface area contributed by atoms with Crippen LogP contribution < -0.4 is 4.80 Å². The largest absolute Gasteiger partial charge is 0.319 e. The Morgan fingerprint density at radius 2 is 1.96 bits per heavy atom. The molecule has 0 N–H and O–H groups in total. The van der Waals surface area contributed by atoms with Gasteiger partial charge in [-0.05, 0) is 55.0 Å². The van der Waals surface area contributed by atoms with E-state index in [9.17, 15) is 4.79 Å². The minimum atomic E-state index is -0.106. The Bertz CT molecular complexity index is 983. The molecular formula is C19H20N2OS2. The number of aromatic nitrogens is 1. The molecule has 2 aromatic carbocycles. The van der Waals surface area contributed by atoms with Crippen LogP contribution in [-0.4, -0.2) is 16.7 Å². The van der Waals surface area contributed by atoms with Gasteiger partial charge in [-0.25, -0.2) is 0 Å². The molecule has 0 radical (unpaired) electrons. The van der Waals surface area contributed by atoms with Crippen LogP contribution in [-0.2, 0) is 18.3 Å². The third kappa shape index (κ3) is 3.47. The van der Waals surface area contributed by atoms with Gasteiger partial charge in [0.1, 0.15) is 0 Å². The van der Waals surface area contributed by atoms with Crippen LogP contribution in [0.15, 0.2) is 46.3 Å². The lowest BCUT2D eigenvalue weighted by atomic mass is 10.0. The highest BCUT2D eigenvalue weighted by atomic mass is 32.2. The molecule has 0 aliphatic carbocycles. The molecule has 1 aromatic heterocycles. The van der Waals surface area contributed by atoms with Gasteiger partial charge >= 0.3 is 0 Å². The number of nitrogens with zero attached hydrogens (tertiary/aromatic N) is 2. The van der Waals surface area contributed by atoms with Gasteiger partial charge in [-0.2, -0.15) is 4.99 Å². The Labute approximate surface area is 150 Å². The van der Waals surface area contributed by atoms with Crippen molar-refractivity contribution in [1.82, 2.24) is 4.57 Å². The van der Waals surface area contributed by atoms with Gasteiger partial charge in [-0.3, -0.25) is 4.79 Å². The van der Waals surface area contributed by atoms with Gasteiger partial charge in [0.15, 0.2) is 4.80 Å². The summed E-state index contributed by atoms with van der Waals surface area (Å²) in [4.78, 5) is 18.7. The monoisotopic (exact) mass is 356 g/mol. The molecule has 0 aliphatic heterocycles. The molecule has 3 rings (SSSR count). The third-order valence-electron chi connectivity index (χ3n) is 4.16. The molecular weight excluding hydrogens is 336 g/mol. The second-order valence-electron chi connectivity index (χ2n) is 5.88. The topological polar surface area (TPSA) is 34.4 Å². The molecule has 3 aromatic rings. The van der Waals surface area contributed by atoms with E-state index in [2.05, 4.69) is 55.4 Å². The van der Waals surface area contributed by atoms with Crippen LogP contribution in [0.3, 0.4) is 0 Å². The molecule has 5 heteroatoms. The molecule has 1 heterocycles. The van der Waals surface area contributed by atoms with Crippen LogP contribution in [0.2, 0.25) is 0 Å². The molecule has 0 saturated heterocycles. The van der Waals surface area contributed by atoms with Crippen LogP contribution in [0.4, 0.5) is 0 Å². The highest BCUT2D eigenvalue weighted by Crippen LogP contribution is 2.23. The van der Waals surface area contributed by atoms with Gasteiger partial charge < -0.3 is 4.57 Å². The summed E-state index contributed by atoms with van der Waals surface area (Å²) in [7, 11) is 1.96. The van der Waals surface area contributed by atoms with Gasteiger partial charge in [0, 0.05) is 11.9 Å². The minimum absolute atomic E-state index is 0.106. The predicted octanol–water partition coefficient (Wildman–Crippen LogP) is 4.25. The molecule has 0 aliphatic rings. The normalized spacial score (nSPS) is 12.1. The number of amides is 1. The first-order valence-corrected chi connectivity index (χ1v) is 9.79. The van der Waals surface area contributed by atoms with Crippen molar-refractivity contribution < 1.29 is 4.79 Å². The molecule has 124 valence electrons. The lowest BCUT2D eigenvalue weighted by Crippen LogP contribution is -2.14. The molecule has 0 fully saturated rings. The fourth-order valence-electron chi connectivity index (χ4n) is 2.58. The Morgan fingerprint density at radius 1 is 1.17 bits per heavy atom. The van der Waals surface area contributed by atoms with Crippen LogP contribution in [0.1, 0.15) is 16.7 Å². The van der Waals surface area contributed by atoms with Crippen molar-refractivity contribution in [2.24, 2.45) is 12.0 Å². The van der Waals surface area contributed by atoms with Crippen LogP contribution >= 0.6 is 23.1 Å². The van der Waals surface area contributed by atoms with Gasteiger partial charge in [0.05, 0.1) is 16.6 Å². The zero-order chi connectivity index (χ0) is 17.3. The van der Waals surface area contributed by atoms with Crippen molar-refractivity contribution in [3.05, 3.63) is 57.9 Å². The van der Waals surface area contributed by atoms with Crippen LogP contribution in [0.25, 0.3) is 10.2 Å². The zero-order valence-corrected chi connectivity index (χ0v) is 15.9. The second-order valence-corrected chi connectivity index (χ2v) is 7.77. The van der Waals surface area contributed by atoms with Crippen molar-refractivity contribution in [2.75, 3.05) is 6.26 Å². The lowest BCUT2D eigenvalue weighted by molar-refractivity contribution is -0.117. The summed E-state index contributed by atoms with van der Waals surface area (Å²) in [6.45, 7) is 4.14. The van der Waals surface area contributed by atoms with Gasteiger partial charge in [-0.15, -0.1) is 11.8 Å². The predicted molar refractivity (Wildman–Crippen MR) is 103 cm³/mol. The van der Waals surface area contributed by atoms with E-state index in [0.717, 1.165) is 20.6 Å². The van der Waals surface area contributed by atoms with Crippen molar-refractivity contribution in [1.29, 1.82) is 0 Å². The quantitative estimate of drug-likeness (QED) is 0.658. The summed E-state index contributed by atoms with van der Waals surface area (Å²) in [5.41, 5.74) is 4.57. The highest BCUT2D eigenvalue weighted by Gasteiger charge is 2.07. The van der Waals surface area contributed by atoms with E-state index in [1.54, 1.807) is 23.1 Å². The maximum absolute atomic E-state index is 12.4. The Hall–Kier alpha value is -1.85. The Kier molecular flexibility index (Phi) is 4.92. The van der Waals surface area contributed by atoms with Crippen LogP contribution in [0.5, 0.6) is 0 Å². The van der Waals surface area contributed by atoms with Gasteiger partial charge in [0.25, 0.3) is 5.91 Å². The number of hydrogen-bond acceptors (Lipinski definition) is 3. The van der Waals surface area contributed by atoms with E-state index in [4.69, 9.17) is 0 Å². The number of carbonyl (C=O) groups is 1. The number of aryl methyl sites for hydroxylation is 3. The first-order valence-electron chi connectivity index (χ1n) is 7.75. The smallest absolute Gasteiger partial charge is 0.252 e. The lowest BCUT2D eigenvalue weighted by Gasteiger charge is -2.02. The molecule has 0 saturated carbocycles. The molecule has 0 unspecified atom stereocenters. The molecule has 3 nitrogen and oxygen atoms in total. The maximum atomic E-state index is 12.4. The Balaban J connectivity index is 1.92. The minimum Gasteiger partial charge on any atom is -0.319 e. The van der Waals surface area contributed by atoms with E-state index in [1.807, 2.05) is 17.7 Å². The number of thiazole rings is 1. The number of thioether (sulfide) groups is 1. The van der Waals surface area contributed by atoms with Crippen molar-refractivity contribution in [3.8, 4) is 0 Å². The molecule has 0 spiro atoms. The highest BCUT2D eigenvalue weighted by molar-refractivity contribution is 7.98. The van der Waals surface area contributed by atoms with E-state index in [1.165, 1.54) is 16.0 Å². The van der Waals surface area contributed by atoms with Crippen molar-refractivity contribution in [3.63, 3.8) is 0 Å². The van der Waals surface area contributed by atoms with E-state index in [-0.39, 0.29) is 5.91 Å². The van der Waals surface area contributed by atoms with E-state index < -0.39 is 0 Å². The summed E-state index contributed by atoms with van der Waals surface area (Å²) in [5, 5.41) is 0. The number of rotatable bonds is 3. The van der Waals surface area contributed by atoms with Gasteiger partial charge in [-0.1, -0.05) is 29.5 Å². The Morgan fingerprint density at radius 3 is 2.67 bits per heavy atom. The summed E-state index contributed by atoms with van der Waals surface area (Å²) in [6.07, 6.45) is 2.40. The number of hydrogen-bond donors (Lipinski definition) is 0. The number of carbonyl (C=O) groups excluding carboxylic acids is 1. The SMILES string of the molecule is CSc1ccc2c(c1)sc(=NC(=O)Cc1ccc(C)c(C)c1)n2C. The van der Waals surface area contributed by atoms with Crippen molar-refractivity contribution in [2.45, 2.75) is 25.2 Å². The first-order chi connectivity index (χ1) is 11.5. The van der Waals surface area contributed by atoms with Gasteiger partial charge in [0.2, 0.25) is 0 Å². The maximum Gasteiger partial charge on any atom is 0.252 e. The van der Waals surface area contributed by atoms with Crippen LogP contribution in [0, 0.1) is 13.8 Å². The third-order valence-corrected chi connectivity index (χ3v) is 5.98. The summed E-state index contributed by atoms with van der Waals surface area (Å²) in [6, 6.07) is 12.5. The summed E-state index contributed by atoms with van der Waals surface area (Å²) >= 11 is 3.28. The molecule has 0 atom stereocenters.